The van der Waals surface area contributed by atoms with Gasteiger partial charge in [0.25, 0.3) is 0 Å². The van der Waals surface area contributed by atoms with E-state index < -0.39 is 17.7 Å². The fourth-order valence-corrected chi connectivity index (χ4v) is 0.909. The molecule has 0 bridgehead atoms. The van der Waals surface area contributed by atoms with Gasteiger partial charge in [-0.3, -0.25) is 0 Å². The number of allylic oxidation sites excluding steroid dienone is 1. The summed E-state index contributed by atoms with van der Waals surface area (Å²) in [6, 6.07) is 0. The smallest absolute Gasteiger partial charge is 0.452 e. The Balaban J connectivity index is 4.54. The fraction of sp³-hybridized carbons (Fsp3) is 0.667. The third kappa shape index (κ3) is 8.43. The van der Waals surface area contributed by atoms with Gasteiger partial charge in [0.2, 0.25) is 0 Å². The van der Waals surface area contributed by atoms with Crippen molar-refractivity contribution < 1.29 is 19.1 Å². The Morgan fingerprint density at radius 3 is 2.22 bits per heavy atom. The molecule has 0 aromatic rings. The van der Waals surface area contributed by atoms with E-state index in [1.54, 1.807) is 34.6 Å². The molecule has 0 heterocycles. The minimum absolute atomic E-state index is 0.287. The van der Waals surface area contributed by atoms with E-state index in [4.69, 9.17) is 9.47 Å². The topological polar surface area (TPSA) is 77.3 Å². The Bertz CT molecular complexity index is 354. The maximum atomic E-state index is 11.3. The molecule has 0 aliphatic rings. The van der Waals surface area contributed by atoms with Crippen molar-refractivity contribution in [3.63, 3.8) is 0 Å². The van der Waals surface area contributed by atoms with Crippen LogP contribution in [-0.2, 0) is 14.3 Å². The molecular formula is C12H20N2O4. The second-order valence-electron chi connectivity index (χ2n) is 4.42. The van der Waals surface area contributed by atoms with Crippen LogP contribution in [0.25, 0.3) is 0 Å². The Hall–Kier alpha value is -1.72. The van der Waals surface area contributed by atoms with Crippen LogP contribution in [0, 0.1) is 0 Å². The van der Waals surface area contributed by atoms with Crippen molar-refractivity contribution >= 4 is 12.1 Å². The number of hydrogen-bond donors (Lipinski definition) is 0. The predicted molar refractivity (Wildman–Crippen MR) is 66.1 cm³/mol. The van der Waals surface area contributed by atoms with E-state index in [1.807, 2.05) is 0 Å². The molecule has 0 spiro atoms. The van der Waals surface area contributed by atoms with E-state index in [0.717, 1.165) is 0 Å². The average molecular weight is 256 g/mol. The first-order chi connectivity index (χ1) is 8.28. The second-order valence-corrected chi connectivity index (χ2v) is 4.42. The highest BCUT2D eigenvalue weighted by Crippen LogP contribution is 2.10. The normalized spacial score (nSPS) is 12.6. The number of azo groups is 1. The zero-order valence-electron chi connectivity index (χ0n) is 11.5. The molecule has 0 saturated heterocycles. The van der Waals surface area contributed by atoms with Crippen molar-refractivity contribution in [2.45, 2.75) is 46.6 Å². The van der Waals surface area contributed by atoms with Crippen LogP contribution in [0.4, 0.5) is 4.79 Å². The quantitative estimate of drug-likeness (QED) is 0.439. The van der Waals surface area contributed by atoms with Crippen LogP contribution in [0.1, 0.15) is 41.0 Å². The molecule has 0 aromatic heterocycles. The number of nitrogens with zero attached hydrogens (tertiary/aromatic N) is 2. The molecule has 18 heavy (non-hydrogen) atoms. The predicted octanol–water partition coefficient (Wildman–Crippen LogP) is 3.23. The molecular weight excluding hydrogens is 236 g/mol. The third-order valence-corrected chi connectivity index (χ3v) is 1.59. The molecule has 0 radical (unpaired) electrons. The minimum atomic E-state index is -0.786. The Morgan fingerprint density at radius 1 is 1.17 bits per heavy atom. The van der Waals surface area contributed by atoms with Gasteiger partial charge in [0.15, 0.2) is 0 Å². The van der Waals surface area contributed by atoms with Gasteiger partial charge in [-0.1, -0.05) is 12.0 Å². The van der Waals surface area contributed by atoms with E-state index in [9.17, 15) is 9.59 Å². The van der Waals surface area contributed by atoms with E-state index >= 15 is 0 Å². The molecule has 0 aromatic carbocycles. The Labute approximate surface area is 107 Å². The van der Waals surface area contributed by atoms with Gasteiger partial charge in [-0.2, -0.15) is 0 Å². The molecule has 0 unspecified atom stereocenters. The molecule has 0 aliphatic heterocycles. The SMILES string of the molecule is CCOC(=O)C=C(CC)N=NC(=O)OC(C)(C)C. The maximum Gasteiger partial charge on any atom is 0.452 e. The first-order valence-electron chi connectivity index (χ1n) is 5.80. The largest absolute Gasteiger partial charge is 0.463 e. The number of esters is 1. The minimum Gasteiger partial charge on any atom is -0.463 e. The van der Waals surface area contributed by atoms with Gasteiger partial charge in [0.1, 0.15) is 5.60 Å². The second kappa shape index (κ2) is 7.58. The molecule has 6 nitrogen and oxygen atoms in total. The van der Waals surface area contributed by atoms with Crippen LogP contribution < -0.4 is 0 Å². The van der Waals surface area contributed by atoms with Crippen molar-refractivity contribution in [2.75, 3.05) is 6.61 Å². The van der Waals surface area contributed by atoms with Gasteiger partial charge in [0, 0.05) is 6.08 Å². The molecule has 0 atom stereocenters. The molecule has 0 N–H and O–H groups in total. The molecule has 0 rings (SSSR count). The zero-order chi connectivity index (χ0) is 14.2. The van der Waals surface area contributed by atoms with Gasteiger partial charge in [-0.15, -0.1) is 5.11 Å². The molecule has 102 valence electrons. The first-order valence-corrected chi connectivity index (χ1v) is 5.80. The van der Waals surface area contributed by atoms with Gasteiger partial charge in [-0.05, 0) is 34.1 Å². The van der Waals surface area contributed by atoms with Crippen molar-refractivity contribution in [3.05, 3.63) is 11.8 Å². The number of ether oxygens (including phenoxy) is 2. The van der Waals surface area contributed by atoms with Crippen LogP contribution in [0.2, 0.25) is 0 Å². The van der Waals surface area contributed by atoms with Gasteiger partial charge in [0.05, 0.1) is 12.3 Å². The van der Waals surface area contributed by atoms with Gasteiger partial charge < -0.3 is 9.47 Å². The van der Waals surface area contributed by atoms with Crippen LogP contribution in [0.5, 0.6) is 0 Å². The molecule has 0 fully saturated rings. The lowest BCUT2D eigenvalue weighted by molar-refractivity contribution is -0.137. The Kier molecular flexibility index (Phi) is 6.85. The highest BCUT2D eigenvalue weighted by molar-refractivity contribution is 5.82. The van der Waals surface area contributed by atoms with Gasteiger partial charge in [-0.25, -0.2) is 9.59 Å². The summed E-state index contributed by atoms with van der Waals surface area (Å²) >= 11 is 0. The summed E-state index contributed by atoms with van der Waals surface area (Å²) in [5.41, 5.74) is -0.257. The number of rotatable bonds is 4. The summed E-state index contributed by atoms with van der Waals surface area (Å²) in [5.74, 6) is -0.502. The highest BCUT2D eigenvalue weighted by Gasteiger charge is 2.15. The third-order valence-electron chi connectivity index (χ3n) is 1.59. The van der Waals surface area contributed by atoms with E-state index in [0.29, 0.717) is 12.1 Å². The number of amides is 1. The van der Waals surface area contributed by atoms with Crippen LogP contribution in [0.3, 0.4) is 0 Å². The summed E-state index contributed by atoms with van der Waals surface area (Å²) in [7, 11) is 0. The molecule has 0 aliphatic carbocycles. The monoisotopic (exact) mass is 256 g/mol. The van der Waals surface area contributed by atoms with E-state index in [-0.39, 0.29) is 6.61 Å². The zero-order valence-corrected chi connectivity index (χ0v) is 11.5. The summed E-state index contributed by atoms with van der Waals surface area (Å²) in [6.45, 7) is 8.98. The van der Waals surface area contributed by atoms with Crippen molar-refractivity contribution in [1.29, 1.82) is 0 Å². The number of hydrogen-bond acceptors (Lipinski definition) is 5. The number of carbonyl (C=O) groups is 2. The lowest BCUT2D eigenvalue weighted by atomic mass is 10.2. The first kappa shape index (κ1) is 16.3. The maximum absolute atomic E-state index is 11.3. The molecule has 1 amide bonds. The average Bonchev–Trinajstić information content (AvgIpc) is 2.22. The lowest BCUT2D eigenvalue weighted by Crippen LogP contribution is -2.21. The van der Waals surface area contributed by atoms with E-state index in [2.05, 4.69) is 10.2 Å². The van der Waals surface area contributed by atoms with E-state index in [1.165, 1.54) is 6.08 Å². The summed E-state index contributed by atoms with van der Waals surface area (Å²) < 4.78 is 9.67. The molecule has 0 saturated carbocycles. The highest BCUT2D eigenvalue weighted by atomic mass is 16.6. The van der Waals surface area contributed by atoms with Crippen molar-refractivity contribution in [3.8, 4) is 0 Å². The standard InChI is InChI=1S/C12H20N2O4/c1-6-9(8-10(15)17-7-2)13-14-11(16)18-12(3,4)5/h8H,6-7H2,1-5H3. The van der Waals surface area contributed by atoms with Gasteiger partial charge >= 0.3 is 12.1 Å². The fourth-order valence-electron chi connectivity index (χ4n) is 0.909. The Morgan fingerprint density at radius 2 is 1.78 bits per heavy atom. The summed E-state index contributed by atoms with van der Waals surface area (Å²) in [6.07, 6.45) is 0.883. The van der Waals surface area contributed by atoms with Crippen LogP contribution in [-0.4, -0.2) is 24.3 Å². The lowest BCUT2D eigenvalue weighted by Gasteiger charge is -2.16. The van der Waals surface area contributed by atoms with Crippen molar-refractivity contribution in [1.82, 2.24) is 0 Å². The summed E-state index contributed by atoms with van der Waals surface area (Å²) in [5, 5.41) is 7.04. The number of carbonyl (C=O) groups excluding carboxylic acids is 2. The van der Waals surface area contributed by atoms with Crippen molar-refractivity contribution in [2.24, 2.45) is 10.2 Å². The molecule has 6 heteroatoms. The van der Waals surface area contributed by atoms with Crippen LogP contribution in [0.15, 0.2) is 22.0 Å². The van der Waals surface area contributed by atoms with Crippen LogP contribution >= 0.6 is 0 Å². The summed E-state index contributed by atoms with van der Waals surface area (Å²) in [4.78, 5) is 22.4.